The lowest BCUT2D eigenvalue weighted by Gasteiger charge is -2.12. The number of nitrogens with zero attached hydrogens (tertiary/aromatic N) is 2. The van der Waals surface area contributed by atoms with E-state index in [0.717, 1.165) is 27.5 Å². The summed E-state index contributed by atoms with van der Waals surface area (Å²) in [5.74, 6) is 1.48. The SMILES string of the molecule is CC(C)c1cc(Br)ccc1Oc1nsnc1Cl. The lowest BCUT2D eigenvalue weighted by atomic mass is 10.0. The van der Waals surface area contributed by atoms with Crippen LogP contribution in [-0.4, -0.2) is 8.75 Å². The summed E-state index contributed by atoms with van der Waals surface area (Å²) in [5.41, 5.74) is 1.10. The highest BCUT2D eigenvalue weighted by Gasteiger charge is 2.13. The predicted octanol–water partition coefficient (Wildman–Crippen LogP) is 4.87. The smallest absolute Gasteiger partial charge is 0.270 e. The first-order valence-electron chi connectivity index (χ1n) is 5.03. The van der Waals surface area contributed by atoms with Crippen LogP contribution in [0.25, 0.3) is 0 Å². The molecule has 0 aliphatic heterocycles. The molecule has 0 saturated carbocycles. The van der Waals surface area contributed by atoms with Crippen molar-refractivity contribution >= 4 is 39.3 Å². The Morgan fingerprint density at radius 2 is 2.12 bits per heavy atom. The number of ether oxygens (including phenoxy) is 1. The Morgan fingerprint density at radius 3 is 2.71 bits per heavy atom. The van der Waals surface area contributed by atoms with Gasteiger partial charge in [0, 0.05) is 4.47 Å². The maximum atomic E-state index is 5.86. The van der Waals surface area contributed by atoms with E-state index >= 15 is 0 Å². The molecule has 6 heteroatoms. The minimum absolute atomic E-state index is 0.299. The second kappa shape index (κ2) is 5.33. The quantitative estimate of drug-likeness (QED) is 0.803. The minimum atomic E-state index is 0.299. The van der Waals surface area contributed by atoms with Gasteiger partial charge in [-0.25, -0.2) is 0 Å². The normalized spacial score (nSPS) is 10.9. The van der Waals surface area contributed by atoms with E-state index in [1.807, 2.05) is 18.2 Å². The molecule has 0 saturated heterocycles. The van der Waals surface area contributed by atoms with Crippen LogP contribution in [0.2, 0.25) is 5.15 Å². The van der Waals surface area contributed by atoms with Crippen molar-refractivity contribution in [2.24, 2.45) is 0 Å². The lowest BCUT2D eigenvalue weighted by molar-refractivity contribution is 0.459. The number of rotatable bonds is 3. The van der Waals surface area contributed by atoms with Crippen molar-refractivity contribution in [1.82, 2.24) is 8.75 Å². The van der Waals surface area contributed by atoms with Gasteiger partial charge in [0.2, 0.25) is 5.15 Å². The van der Waals surface area contributed by atoms with Crippen molar-refractivity contribution in [3.63, 3.8) is 0 Å². The molecule has 0 amide bonds. The fourth-order valence-corrected chi connectivity index (χ4v) is 2.39. The molecular formula is C11H10BrClN2OS. The zero-order valence-corrected chi connectivity index (χ0v) is 12.4. The first-order valence-corrected chi connectivity index (χ1v) is 6.93. The largest absolute Gasteiger partial charge is 0.435 e. The van der Waals surface area contributed by atoms with E-state index in [0.29, 0.717) is 17.0 Å². The Kier molecular flexibility index (Phi) is 4.01. The molecule has 17 heavy (non-hydrogen) atoms. The molecule has 1 aromatic carbocycles. The molecule has 0 unspecified atom stereocenters. The zero-order valence-electron chi connectivity index (χ0n) is 9.28. The molecule has 1 heterocycles. The van der Waals surface area contributed by atoms with Crippen molar-refractivity contribution in [3.05, 3.63) is 33.4 Å². The second-order valence-corrected chi connectivity index (χ2v) is 5.60. The van der Waals surface area contributed by atoms with Crippen molar-refractivity contribution in [2.75, 3.05) is 0 Å². The second-order valence-electron chi connectivity index (χ2n) is 3.80. The van der Waals surface area contributed by atoms with E-state index in [1.54, 1.807) is 0 Å². The molecule has 2 aromatic rings. The van der Waals surface area contributed by atoms with Gasteiger partial charge in [0.05, 0.1) is 11.7 Å². The van der Waals surface area contributed by atoms with Gasteiger partial charge in [-0.2, -0.15) is 4.37 Å². The number of halogens is 2. The van der Waals surface area contributed by atoms with E-state index in [2.05, 4.69) is 38.5 Å². The Morgan fingerprint density at radius 1 is 1.35 bits per heavy atom. The van der Waals surface area contributed by atoms with Crippen molar-refractivity contribution in [3.8, 4) is 11.6 Å². The van der Waals surface area contributed by atoms with E-state index in [-0.39, 0.29) is 0 Å². The van der Waals surface area contributed by atoms with Gasteiger partial charge in [0.1, 0.15) is 5.75 Å². The van der Waals surface area contributed by atoms with Crippen LogP contribution in [0.4, 0.5) is 0 Å². The highest BCUT2D eigenvalue weighted by Crippen LogP contribution is 2.34. The van der Waals surface area contributed by atoms with E-state index in [1.165, 1.54) is 0 Å². The maximum absolute atomic E-state index is 5.86. The van der Waals surface area contributed by atoms with E-state index in [9.17, 15) is 0 Å². The monoisotopic (exact) mass is 332 g/mol. The summed E-state index contributed by atoms with van der Waals surface area (Å²) in [6, 6.07) is 5.86. The fraction of sp³-hybridized carbons (Fsp3) is 0.273. The third-order valence-corrected chi connectivity index (χ3v) is 3.57. The summed E-state index contributed by atoms with van der Waals surface area (Å²) in [4.78, 5) is 0. The molecule has 0 radical (unpaired) electrons. The molecule has 2 rings (SSSR count). The first kappa shape index (κ1) is 12.8. The van der Waals surface area contributed by atoms with Crippen LogP contribution >= 0.6 is 39.3 Å². The maximum Gasteiger partial charge on any atom is 0.270 e. The van der Waals surface area contributed by atoms with Gasteiger partial charge >= 0.3 is 0 Å². The number of hydrogen-bond donors (Lipinski definition) is 0. The van der Waals surface area contributed by atoms with Gasteiger partial charge in [-0.3, -0.25) is 0 Å². The third-order valence-electron chi connectivity index (χ3n) is 2.22. The van der Waals surface area contributed by atoms with Crippen LogP contribution < -0.4 is 4.74 Å². The van der Waals surface area contributed by atoms with Crippen LogP contribution in [0.5, 0.6) is 11.6 Å². The molecule has 0 spiro atoms. The van der Waals surface area contributed by atoms with Crippen molar-refractivity contribution < 1.29 is 4.74 Å². The lowest BCUT2D eigenvalue weighted by Crippen LogP contribution is -1.94. The summed E-state index contributed by atoms with van der Waals surface area (Å²) in [6.45, 7) is 4.21. The standard InChI is InChI=1S/C11H10BrClN2OS/c1-6(2)8-5-7(12)3-4-9(8)16-11-10(13)14-17-15-11/h3-6H,1-2H3. The molecule has 0 bridgehead atoms. The number of hydrogen-bond acceptors (Lipinski definition) is 4. The molecule has 1 aromatic heterocycles. The van der Waals surface area contributed by atoms with Gasteiger partial charge in [-0.1, -0.05) is 41.4 Å². The van der Waals surface area contributed by atoms with Crippen LogP contribution in [0, 0.1) is 0 Å². The number of aromatic nitrogens is 2. The molecular weight excluding hydrogens is 324 g/mol. The Labute approximate surface area is 117 Å². The third kappa shape index (κ3) is 2.97. The van der Waals surface area contributed by atoms with Crippen LogP contribution in [0.3, 0.4) is 0 Å². The van der Waals surface area contributed by atoms with E-state index in [4.69, 9.17) is 16.3 Å². The molecule has 0 aliphatic carbocycles. The molecule has 0 fully saturated rings. The van der Waals surface area contributed by atoms with Crippen LogP contribution in [0.1, 0.15) is 25.3 Å². The average Bonchev–Trinajstić information content (AvgIpc) is 2.67. The first-order chi connectivity index (χ1) is 8.08. The number of benzene rings is 1. The Balaban J connectivity index is 2.36. The van der Waals surface area contributed by atoms with Crippen molar-refractivity contribution in [1.29, 1.82) is 0 Å². The summed E-state index contributed by atoms with van der Waals surface area (Å²) < 4.78 is 14.6. The van der Waals surface area contributed by atoms with E-state index < -0.39 is 0 Å². The summed E-state index contributed by atoms with van der Waals surface area (Å²) in [5, 5.41) is 0.299. The van der Waals surface area contributed by atoms with Gasteiger partial charge in [-0.15, -0.1) is 4.37 Å². The highest BCUT2D eigenvalue weighted by molar-refractivity contribution is 9.10. The molecule has 90 valence electrons. The molecule has 3 nitrogen and oxygen atoms in total. The average molecular weight is 334 g/mol. The van der Waals surface area contributed by atoms with Gasteiger partial charge in [0.15, 0.2) is 0 Å². The topological polar surface area (TPSA) is 35.0 Å². The summed E-state index contributed by atoms with van der Waals surface area (Å²) in [6.07, 6.45) is 0. The highest BCUT2D eigenvalue weighted by atomic mass is 79.9. The fourth-order valence-electron chi connectivity index (χ4n) is 1.40. The van der Waals surface area contributed by atoms with Crippen LogP contribution in [0.15, 0.2) is 22.7 Å². The van der Waals surface area contributed by atoms with Gasteiger partial charge in [0.25, 0.3) is 5.88 Å². The van der Waals surface area contributed by atoms with Gasteiger partial charge in [-0.05, 0) is 29.7 Å². The minimum Gasteiger partial charge on any atom is -0.435 e. The molecule has 0 N–H and O–H groups in total. The van der Waals surface area contributed by atoms with Crippen molar-refractivity contribution in [2.45, 2.75) is 19.8 Å². The zero-order chi connectivity index (χ0) is 12.4. The predicted molar refractivity (Wildman–Crippen MR) is 73.2 cm³/mol. The molecule has 0 atom stereocenters. The Hall–Kier alpha value is -0.650. The molecule has 0 aliphatic rings. The summed E-state index contributed by atoms with van der Waals surface area (Å²) >= 11 is 10.3. The Bertz CT molecular complexity index is 530. The van der Waals surface area contributed by atoms with Gasteiger partial charge < -0.3 is 4.74 Å². The summed E-state index contributed by atoms with van der Waals surface area (Å²) in [7, 11) is 0. The van der Waals surface area contributed by atoms with Crippen LogP contribution in [-0.2, 0) is 0 Å².